The van der Waals surface area contributed by atoms with Crippen LogP contribution in [0.25, 0.3) is 20.8 Å². The molecule has 1 amide bonds. The number of hydrogen-bond donors (Lipinski definition) is 4. The van der Waals surface area contributed by atoms with Crippen molar-refractivity contribution in [2.75, 3.05) is 23.8 Å². The third kappa shape index (κ3) is 3.45. The highest BCUT2D eigenvalue weighted by Crippen LogP contribution is 2.33. The number of aromatic nitrogens is 3. The largest absolute Gasteiger partial charge is 0.395 e. The number of hydrogen-bond acceptors (Lipinski definition) is 7. The molecule has 132 valence electrons. The summed E-state index contributed by atoms with van der Waals surface area (Å²) in [6, 6.07) is 11.3. The third-order valence-corrected chi connectivity index (χ3v) is 5.76. The van der Waals surface area contributed by atoms with Gasteiger partial charge in [0.05, 0.1) is 21.9 Å². The summed E-state index contributed by atoms with van der Waals surface area (Å²) in [5.41, 5.74) is 2.57. The van der Waals surface area contributed by atoms with Gasteiger partial charge in [-0.2, -0.15) is 5.10 Å². The highest BCUT2D eigenvalue weighted by Gasteiger charge is 2.14. The number of carbonyl (C=O) groups is 1. The molecule has 7 nitrogen and oxygen atoms in total. The molecule has 0 fully saturated rings. The average molecular weight is 385 g/mol. The summed E-state index contributed by atoms with van der Waals surface area (Å²) in [5.74, 6) is -0.155. The third-order valence-electron chi connectivity index (χ3n) is 3.64. The second kappa shape index (κ2) is 7.24. The number of anilines is 2. The van der Waals surface area contributed by atoms with Crippen LogP contribution in [0.1, 0.15) is 9.67 Å². The molecule has 4 N–H and O–H groups in total. The van der Waals surface area contributed by atoms with Gasteiger partial charge >= 0.3 is 0 Å². The fourth-order valence-corrected chi connectivity index (χ4v) is 4.46. The van der Waals surface area contributed by atoms with E-state index in [0.717, 1.165) is 31.6 Å². The first-order chi connectivity index (χ1) is 12.7. The van der Waals surface area contributed by atoms with Crippen LogP contribution in [0.2, 0.25) is 0 Å². The normalized spacial score (nSPS) is 11.0. The quantitative estimate of drug-likeness (QED) is 0.407. The van der Waals surface area contributed by atoms with E-state index < -0.39 is 0 Å². The van der Waals surface area contributed by atoms with Gasteiger partial charge in [0, 0.05) is 24.0 Å². The monoisotopic (exact) mass is 385 g/mol. The Morgan fingerprint density at radius 3 is 2.73 bits per heavy atom. The Morgan fingerprint density at radius 2 is 2.04 bits per heavy atom. The molecule has 0 aliphatic rings. The first-order valence-corrected chi connectivity index (χ1v) is 9.53. The lowest BCUT2D eigenvalue weighted by atomic mass is 10.1. The lowest BCUT2D eigenvalue weighted by Gasteiger charge is -2.04. The Labute approximate surface area is 156 Å². The molecule has 0 spiro atoms. The van der Waals surface area contributed by atoms with Crippen molar-refractivity contribution in [1.82, 2.24) is 15.2 Å². The van der Waals surface area contributed by atoms with Gasteiger partial charge in [-0.15, -0.1) is 11.3 Å². The van der Waals surface area contributed by atoms with Crippen LogP contribution in [0.3, 0.4) is 0 Å². The Morgan fingerprint density at radius 1 is 1.19 bits per heavy atom. The molecule has 0 aliphatic heterocycles. The predicted molar refractivity (Wildman–Crippen MR) is 105 cm³/mol. The zero-order chi connectivity index (χ0) is 17.9. The molecule has 0 saturated heterocycles. The van der Waals surface area contributed by atoms with Crippen LogP contribution in [0.5, 0.6) is 0 Å². The van der Waals surface area contributed by atoms with E-state index in [2.05, 4.69) is 25.8 Å². The molecule has 3 aromatic heterocycles. The van der Waals surface area contributed by atoms with Gasteiger partial charge in [-0.1, -0.05) is 23.5 Å². The van der Waals surface area contributed by atoms with Gasteiger partial charge in [0.1, 0.15) is 4.83 Å². The number of H-pyrrole nitrogens is 1. The highest BCUT2D eigenvalue weighted by molar-refractivity contribution is 7.29. The van der Waals surface area contributed by atoms with Gasteiger partial charge in [0.15, 0.2) is 5.13 Å². The lowest BCUT2D eigenvalue weighted by Crippen LogP contribution is -2.09. The molecular weight excluding hydrogens is 370 g/mol. The number of thiophene rings is 1. The predicted octanol–water partition coefficient (Wildman–Crippen LogP) is 3.40. The van der Waals surface area contributed by atoms with E-state index >= 15 is 0 Å². The molecule has 26 heavy (non-hydrogen) atoms. The van der Waals surface area contributed by atoms with Gasteiger partial charge in [-0.05, 0) is 24.3 Å². The number of aromatic amines is 1. The Balaban J connectivity index is 1.45. The summed E-state index contributed by atoms with van der Waals surface area (Å²) in [5, 5.41) is 22.4. The van der Waals surface area contributed by atoms with Crippen LogP contribution in [0.15, 0.2) is 42.6 Å². The molecule has 9 heteroatoms. The van der Waals surface area contributed by atoms with Crippen LogP contribution in [0.4, 0.5) is 10.8 Å². The number of nitrogens with one attached hydrogen (secondary N) is 3. The minimum atomic E-state index is -0.155. The SMILES string of the molecule is O=C(Nc1ccc(-c2cc[nH]n2)cc1)c1cc2sc(NCCO)nc2s1. The number of nitrogens with zero attached hydrogens (tertiary/aromatic N) is 2. The van der Waals surface area contributed by atoms with Crippen molar-refractivity contribution < 1.29 is 9.90 Å². The lowest BCUT2D eigenvalue weighted by molar-refractivity contribution is 0.103. The molecule has 3 heterocycles. The van der Waals surface area contributed by atoms with Crippen molar-refractivity contribution in [3.63, 3.8) is 0 Å². The van der Waals surface area contributed by atoms with E-state index in [1.165, 1.54) is 22.7 Å². The van der Waals surface area contributed by atoms with E-state index in [1.54, 1.807) is 6.20 Å². The van der Waals surface area contributed by atoms with Gasteiger partial charge < -0.3 is 15.7 Å². The van der Waals surface area contributed by atoms with E-state index in [1.807, 2.05) is 36.4 Å². The van der Waals surface area contributed by atoms with E-state index in [0.29, 0.717) is 11.4 Å². The van der Waals surface area contributed by atoms with Gasteiger partial charge in [-0.25, -0.2) is 4.98 Å². The average Bonchev–Trinajstić information content (AvgIpc) is 3.36. The minimum Gasteiger partial charge on any atom is -0.395 e. The summed E-state index contributed by atoms with van der Waals surface area (Å²) in [6.07, 6.45) is 1.77. The topological polar surface area (TPSA) is 103 Å². The fourth-order valence-electron chi connectivity index (χ4n) is 2.42. The van der Waals surface area contributed by atoms with Gasteiger partial charge in [0.25, 0.3) is 5.91 Å². The van der Waals surface area contributed by atoms with Gasteiger partial charge in [-0.3, -0.25) is 9.89 Å². The Hall–Kier alpha value is -2.75. The number of carbonyl (C=O) groups excluding carboxylic acids is 1. The standard InChI is InChI=1S/C17H15N5O2S2/c23-8-7-18-17-21-16-14(26-17)9-13(25-16)15(24)20-11-3-1-10(2-4-11)12-5-6-19-22-12/h1-6,9,23H,7-8H2,(H,18,21)(H,19,22)(H,20,24). The number of amides is 1. The molecule has 0 atom stereocenters. The van der Waals surface area contributed by atoms with Crippen molar-refractivity contribution in [3.05, 3.63) is 47.5 Å². The zero-order valence-corrected chi connectivity index (χ0v) is 15.2. The molecule has 4 rings (SSSR count). The smallest absolute Gasteiger partial charge is 0.265 e. The maximum atomic E-state index is 12.5. The van der Waals surface area contributed by atoms with Crippen molar-refractivity contribution in [2.24, 2.45) is 0 Å². The highest BCUT2D eigenvalue weighted by atomic mass is 32.1. The number of benzene rings is 1. The van der Waals surface area contributed by atoms with Crippen LogP contribution in [-0.2, 0) is 0 Å². The zero-order valence-electron chi connectivity index (χ0n) is 13.5. The fraction of sp³-hybridized carbons (Fsp3) is 0.118. The molecule has 1 aromatic carbocycles. The van der Waals surface area contributed by atoms with Crippen LogP contribution >= 0.6 is 22.7 Å². The summed E-state index contributed by atoms with van der Waals surface area (Å²) >= 11 is 2.82. The maximum Gasteiger partial charge on any atom is 0.265 e. The second-order valence-electron chi connectivity index (χ2n) is 5.44. The Bertz CT molecular complexity index is 990. The summed E-state index contributed by atoms with van der Waals surface area (Å²) in [4.78, 5) is 18.3. The molecule has 0 aliphatic carbocycles. The summed E-state index contributed by atoms with van der Waals surface area (Å²) in [6.45, 7) is 0.516. The number of thiazole rings is 1. The number of aliphatic hydroxyl groups excluding tert-OH is 1. The first kappa shape index (κ1) is 16.7. The van der Waals surface area contributed by atoms with Crippen LogP contribution in [-0.4, -0.2) is 39.3 Å². The van der Waals surface area contributed by atoms with E-state index in [4.69, 9.17) is 5.11 Å². The van der Waals surface area contributed by atoms with Crippen molar-refractivity contribution in [2.45, 2.75) is 0 Å². The summed E-state index contributed by atoms with van der Waals surface area (Å²) < 4.78 is 0.953. The van der Waals surface area contributed by atoms with E-state index in [9.17, 15) is 4.79 Å². The van der Waals surface area contributed by atoms with Crippen LogP contribution < -0.4 is 10.6 Å². The molecule has 0 radical (unpaired) electrons. The molecule has 0 bridgehead atoms. The molecule has 0 saturated carbocycles. The van der Waals surface area contributed by atoms with E-state index in [-0.39, 0.29) is 12.5 Å². The maximum absolute atomic E-state index is 12.5. The Kier molecular flexibility index (Phi) is 4.65. The van der Waals surface area contributed by atoms with Crippen molar-refractivity contribution in [1.29, 1.82) is 0 Å². The molecule has 0 unspecified atom stereocenters. The van der Waals surface area contributed by atoms with Gasteiger partial charge in [0.2, 0.25) is 0 Å². The number of rotatable bonds is 6. The van der Waals surface area contributed by atoms with Crippen molar-refractivity contribution in [3.8, 4) is 11.3 Å². The number of aliphatic hydroxyl groups is 1. The van der Waals surface area contributed by atoms with Crippen LogP contribution in [0, 0.1) is 0 Å². The van der Waals surface area contributed by atoms with Crippen molar-refractivity contribution >= 4 is 48.9 Å². The first-order valence-electron chi connectivity index (χ1n) is 7.89. The number of fused-ring (bicyclic) bond motifs is 1. The minimum absolute atomic E-state index is 0.0554. The summed E-state index contributed by atoms with van der Waals surface area (Å²) in [7, 11) is 0. The molecular formula is C17H15N5O2S2. The molecule has 4 aromatic rings. The second-order valence-corrected chi connectivity index (χ2v) is 7.50.